The lowest BCUT2D eigenvalue weighted by atomic mass is 10.2. The number of rotatable bonds is 9. The Morgan fingerprint density at radius 2 is 1.69 bits per heavy atom. The van der Waals surface area contributed by atoms with E-state index in [1.807, 2.05) is 30.3 Å². The van der Waals surface area contributed by atoms with E-state index in [0.29, 0.717) is 6.42 Å². The molecule has 0 saturated carbocycles. The molecule has 1 amide bonds. The Labute approximate surface area is 161 Å². The molecular weight excluding hydrogens is 369 g/mol. The maximum Gasteiger partial charge on any atom is 0.411 e. The molecule has 1 rings (SSSR count). The smallest absolute Gasteiger partial charge is 0.411 e. The predicted octanol–water partition coefficient (Wildman–Crippen LogP) is 4.74. The molecule has 1 N–H and O–H groups in total. The summed E-state index contributed by atoms with van der Waals surface area (Å²) >= 11 is 5.95. The minimum absolute atomic E-state index is 0.110. The van der Waals surface area contributed by atoms with E-state index in [1.165, 1.54) is 4.90 Å². The van der Waals surface area contributed by atoms with Crippen molar-refractivity contribution in [2.75, 3.05) is 6.29 Å². The fourth-order valence-electron chi connectivity index (χ4n) is 2.78. The average molecular weight is 399 g/mol. The van der Waals surface area contributed by atoms with Gasteiger partial charge in [0.05, 0.1) is 6.29 Å². The Hall–Kier alpha value is -1.39. The molecule has 1 aromatic carbocycles. The van der Waals surface area contributed by atoms with Crippen molar-refractivity contribution in [1.82, 2.24) is 4.90 Å². The normalized spacial score (nSPS) is 12.9. The highest BCUT2D eigenvalue weighted by molar-refractivity contribution is 8.15. The number of carboxylic acid groups (broad SMARTS) is 1. The van der Waals surface area contributed by atoms with Crippen LogP contribution in [0.15, 0.2) is 30.3 Å². The van der Waals surface area contributed by atoms with E-state index in [1.54, 1.807) is 6.92 Å². The number of carboxylic acids is 1. The van der Waals surface area contributed by atoms with Crippen molar-refractivity contribution in [2.24, 2.45) is 0 Å². The average Bonchev–Trinajstić information content (AvgIpc) is 2.59. The third-order valence-electron chi connectivity index (χ3n) is 4.61. The lowest BCUT2D eigenvalue weighted by Crippen LogP contribution is -2.46. The SMILES string of the molecule is CCC(C(=O)O)N(CP(=S)(C(C)C)C(C)C)C(=O)OCc1ccccc1. The summed E-state index contributed by atoms with van der Waals surface area (Å²) in [5.74, 6) is -1.03. The predicted molar refractivity (Wildman–Crippen MR) is 110 cm³/mol. The number of aliphatic carboxylic acids is 1. The molecule has 7 heteroatoms. The van der Waals surface area contributed by atoms with Crippen molar-refractivity contribution in [3.63, 3.8) is 0 Å². The Kier molecular flexibility index (Phi) is 8.78. The summed E-state index contributed by atoms with van der Waals surface area (Å²) in [5.41, 5.74) is 1.29. The van der Waals surface area contributed by atoms with Crippen molar-refractivity contribution in [3.8, 4) is 0 Å². The number of carbonyl (C=O) groups is 2. The van der Waals surface area contributed by atoms with E-state index in [9.17, 15) is 14.7 Å². The number of carbonyl (C=O) groups excluding carboxylic acids is 1. The van der Waals surface area contributed by atoms with Crippen LogP contribution in [0.5, 0.6) is 0 Å². The van der Waals surface area contributed by atoms with Gasteiger partial charge in [0.25, 0.3) is 0 Å². The largest absolute Gasteiger partial charge is 0.480 e. The van der Waals surface area contributed by atoms with E-state index in [-0.39, 0.29) is 24.2 Å². The van der Waals surface area contributed by atoms with Crippen LogP contribution in [0.25, 0.3) is 0 Å². The minimum atomic E-state index is -1.98. The summed E-state index contributed by atoms with van der Waals surface area (Å²) in [6.45, 7) is 10.1. The van der Waals surface area contributed by atoms with Gasteiger partial charge in [-0.25, -0.2) is 9.59 Å². The van der Waals surface area contributed by atoms with Crippen LogP contribution in [0.3, 0.4) is 0 Å². The van der Waals surface area contributed by atoms with Crippen molar-refractivity contribution in [3.05, 3.63) is 35.9 Å². The van der Waals surface area contributed by atoms with E-state index in [0.717, 1.165) is 5.56 Å². The molecule has 0 aliphatic heterocycles. The Balaban J connectivity index is 3.06. The first-order valence-corrected chi connectivity index (χ1v) is 12.0. The third kappa shape index (κ3) is 5.82. The highest BCUT2D eigenvalue weighted by Crippen LogP contribution is 2.56. The second kappa shape index (κ2) is 10.1. The Morgan fingerprint density at radius 1 is 1.15 bits per heavy atom. The molecule has 1 unspecified atom stereocenters. The van der Waals surface area contributed by atoms with Crippen molar-refractivity contribution >= 4 is 29.9 Å². The quantitative estimate of drug-likeness (QED) is 0.608. The number of hydrogen-bond donors (Lipinski definition) is 1. The van der Waals surface area contributed by atoms with Gasteiger partial charge in [0.1, 0.15) is 12.6 Å². The van der Waals surface area contributed by atoms with E-state index >= 15 is 0 Å². The zero-order valence-corrected chi connectivity index (χ0v) is 17.9. The van der Waals surface area contributed by atoms with Crippen LogP contribution in [0, 0.1) is 0 Å². The number of amides is 1. The first-order valence-electron chi connectivity index (χ1n) is 8.92. The van der Waals surface area contributed by atoms with E-state index in [4.69, 9.17) is 16.5 Å². The zero-order chi connectivity index (χ0) is 19.9. The summed E-state index contributed by atoms with van der Waals surface area (Å²) in [6.07, 6.45) is -0.0316. The molecule has 1 aromatic rings. The number of nitrogens with zero attached hydrogens (tertiary/aromatic N) is 1. The summed E-state index contributed by atoms with van der Waals surface area (Å²) in [5, 5.41) is 9.58. The maximum absolute atomic E-state index is 12.8. The van der Waals surface area contributed by atoms with Gasteiger partial charge in [-0.05, 0) is 29.3 Å². The number of benzene rings is 1. The van der Waals surface area contributed by atoms with Gasteiger partial charge in [-0.2, -0.15) is 0 Å². The van der Waals surface area contributed by atoms with Crippen molar-refractivity contribution in [1.29, 1.82) is 0 Å². The topological polar surface area (TPSA) is 66.8 Å². The molecule has 0 heterocycles. The summed E-state index contributed by atoms with van der Waals surface area (Å²) in [4.78, 5) is 25.8. The van der Waals surface area contributed by atoms with Crippen molar-refractivity contribution in [2.45, 2.75) is 65.0 Å². The molecular formula is C19H30NO4PS. The second-order valence-corrected chi connectivity index (χ2v) is 13.1. The molecule has 0 saturated heterocycles. The van der Waals surface area contributed by atoms with Gasteiger partial charge < -0.3 is 9.84 Å². The van der Waals surface area contributed by atoms with E-state index in [2.05, 4.69) is 27.7 Å². The molecule has 0 aliphatic carbocycles. The van der Waals surface area contributed by atoms with Crippen molar-refractivity contribution < 1.29 is 19.4 Å². The van der Waals surface area contributed by atoms with Gasteiger partial charge in [0.15, 0.2) is 0 Å². The first kappa shape index (κ1) is 22.7. The first-order chi connectivity index (χ1) is 12.1. The fraction of sp³-hybridized carbons (Fsp3) is 0.579. The summed E-state index contributed by atoms with van der Waals surface area (Å²) < 4.78 is 5.42. The van der Waals surface area contributed by atoms with Gasteiger partial charge in [0, 0.05) is 0 Å². The standard InChI is InChI=1S/C19H30NO4PS/c1-6-17(18(21)22)20(13-25(26,14(2)3)15(4)5)19(23)24-12-16-10-8-7-9-11-16/h7-11,14-15,17H,6,12-13H2,1-5H3,(H,21,22). The molecule has 146 valence electrons. The zero-order valence-electron chi connectivity index (χ0n) is 16.2. The van der Waals surface area contributed by atoms with Crippen LogP contribution in [0.4, 0.5) is 4.79 Å². The summed E-state index contributed by atoms with van der Waals surface area (Å²) in [6, 6.07) is 6.42. The Morgan fingerprint density at radius 3 is 2.12 bits per heavy atom. The molecule has 0 fully saturated rings. The Bertz CT molecular complexity index is 636. The van der Waals surface area contributed by atoms with Gasteiger partial charge in [0.2, 0.25) is 0 Å². The van der Waals surface area contributed by atoms with Crippen LogP contribution in [0.1, 0.15) is 46.6 Å². The number of hydrogen-bond acceptors (Lipinski definition) is 4. The summed E-state index contributed by atoms with van der Waals surface area (Å²) in [7, 11) is 0. The molecule has 0 radical (unpaired) electrons. The molecule has 0 bridgehead atoms. The molecule has 1 atom stereocenters. The lowest BCUT2D eigenvalue weighted by Gasteiger charge is -2.37. The van der Waals surface area contributed by atoms with Crippen LogP contribution in [-0.2, 0) is 27.9 Å². The van der Waals surface area contributed by atoms with Gasteiger partial charge >= 0.3 is 12.1 Å². The molecule has 0 aliphatic rings. The van der Waals surface area contributed by atoms with Crippen LogP contribution >= 0.6 is 6.04 Å². The highest BCUT2D eigenvalue weighted by atomic mass is 32.4. The second-order valence-electron chi connectivity index (χ2n) is 6.96. The van der Waals surface area contributed by atoms with Gasteiger partial charge in [-0.15, -0.1) is 0 Å². The molecule has 26 heavy (non-hydrogen) atoms. The van der Waals surface area contributed by atoms with Crippen LogP contribution in [-0.4, -0.2) is 45.7 Å². The van der Waals surface area contributed by atoms with Gasteiger partial charge in [-0.3, -0.25) is 4.90 Å². The third-order valence-corrected chi connectivity index (χ3v) is 11.7. The van der Waals surface area contributed by atoms with Gasteiger partial charge in [-0.1, -0.05) is 76.8 Å². The van der Waals surface area contributed by atoms with Crippen LogP contribution in [0.2, 0.25) is 0 Å². The molecule has 0 spiro atoms. The minimum Gasteiger partial charge on any atom is -0.480 e. The molecule has 0 aromatic heterocycles. The molecule has 5 nitrogen and oxygen atoms in total. The van der Waals surface area contributed by atoms with Crippen LogP contribution < -0.4 is 0 Å². The lowest BCUT2D eigenvalue weighted by molar-refractivity contribution is -0.142. The number of ether oxygens (including phenoxy) is 1. The fourth-order valence-corrected chi connectivity index (χ4v) is 5.78. The maximum atomic E-state index is 12.8. The monoisotopic (exact) mass is 399 g/mol. The highest BCUT2D eigenvalue weighted by Gasteiger charge is 2.36. The van der Waals surface area contributed by atoms with E-state index < -0.39 is 24.1 Å².